The second-order valence-electron chi connectivity index (χ2n) is 4.64. The second kappa shape index (κ2) is 3.00. The average Bonchev–Trinajstić information content (AvgIpc) is 2.92. The lowest BCUT2D eigenvalue weighted by molar-refractivity contribution is 0.174. The van der Waals surface area contributed by atoms with Crippen molar-refractivity contribution in [1.29, 1.82) is 0 Å². The highest BCUT2D eigenvalue weighted by molar-refractivity contribution is 6.00. The van der Waals surface area contributed by atoms with E-state index in [0.29, 0.717) is 12.7 Å². The van der Waals surface area contributed by atoms with Crippen LogP contribution in [-0.4, -0.2) is 12.5 Å². The smallest absolute Gasteiger partial charge is 0.231 e. The molecule has 3 aliphatic rings. The predicted molar refractivity (Wildman–Crippen MR) is 60.9 cm³/mol. The van der Waals surface area contributed by atoms with E-state index >= 15 is 0 Å². The Kier molecular flexibility index (Phi) is 1.62. The van der Waals surface area contributed by atoms with Crippen LogP contribution in [0.3, 0.4) is 0 Å². The third kappa shape index (κ3) is 1.01. The van der Waals surface area contributed by atoms with Crippen LogP contribution in [0.1, 0.15) is 37.2 Å². The summed E-state index contributed by atoms with van der Waals surface area (Å²) in [5.74, 6) is 2.26. The van der Waals surface area contributed by atoms with Crippen LogP contribution >= 0.6 is 0 Å². The summed E-state index contributed by atoms with van der Waals surface area (Å²) in [5, 5.41) is 0. The third-order valence-electron chi connectivity index (χ3n) is 3.75. The van der Waals surface area contributed by atoms with Gasteiger partial charge in [0.25, 0.3) is 0 Å². The third-order valence-corrected chi connectivity index (χ3v) is 3.75. The lowest BCUT2D eigenvalue weighted by Crippen LogP contribution is -2.13. The summed E-state index contributed by atoms with van der Waals surface area (Å²) in [7, 11) is 0. The number of hydrogen-bond donors (Lipinski definition) is 0. The van der Waals surface area contributed by atoms with E-state index in [4.69, 9.17) is 14.5 Å². The predicted octanol–water partition coefficient (Wildman–Crippen LogP) is 3.16. The van der Waals surface area contributed by atoms with Crippen molar-refractivity contribution in [2.24, 2.45) is 4.99 Å². The molecule has 0 bridgehead atoms. The SMILES string of the molecule is c1cc2c(c3c1OCO3)N=C1CCCCC12. The number of ether oxygens (including phenoxy) is 2. The van der Waals surface area contributed by atoms with Gasteiger partial charge in [0.05, 0.1) is 0 Å². The van der Waals surface area contributed by atoms with Crippen molar-refractivity contribution in [3.63, 3.8) is 0 Å². The molecule has 1 aliphatic carbocycles. The van der Waals surface area contributed by atoms with Gasteiger partial charge in [-0.05, 0) is 30.9 Å². The summed E-state index contributed by atoms with van der Waals surface area (Å²) in [5.41, 5.74) is 3.74. The minimum atomic E-state index is 0.335. The summed E-state index contributed by atoms with van der Waals surface area (Å²) >= 11 is 0. The molecule has 0 N–H and O–H groups in total. The topological polar surface area (TPSA) is 30.8 Å². The van der Waals surface area contributed by atoms with E-state index in [0.717, 1.165) is 23.6 Å². The van der Waals surface area contributed by atoms with E-state index in [1.54, 1.807) is 0 Å². The number of benzene rings is 1. The molecule has 0 amide bonds. The fourth-order valence-electron chi connectivity index (χ4n) is 2.98. The second-order valence-corrected chi connectivity index (χ2v) is 4.64. The van der Waals surface area contributed by atoms with Gasteiger partial charge in [-0.2, -0.15) is 0 Å². The molecule has 1 fully saturated rings. The fourth-order valence-corrected chi connectivity index (χ4v) is 2.98. The number of aliphatic imine (C=N–C) groups is 1. The maximum atomic E-state index is 5.52. The maximum Gasteiger partial charge on any atom is 0.231 e. The van der Waals surface area contributed by atoms with Crippen LogP contribution in [0.2, 0.25) is 0 Å². The molecule has 1 aromatic rings. The number of nitrogens with zero attached hydrogens (tertiary/aromatic N) is 1. The molecular formula is C13H13NO2. The first-order valence-electron chi connectivity index (χ1n) is 5.93. The monoisotopic (exact) mass is 215 g/mol. The van der Waals surface area contributed by atoms with Crippen molar-refractivity contribution < 1.29 is 9.47 Å². The van der Waals surface area contributed by atoms with Gasteiger partial charge in [-0.15, -0.1) is 0 Å². The Balaban J connectivity index is 1.90. The molecule has 0 radical (unpaired) electrons. The van der Waals surface area contributed by atoms with Gasteiger partial charge in [-0.1, -0.05) is 12.5 Å². The van der Waals surface area contributed by atoms with Gasteiger partial charge >= 0.3 is 0 Å². The summed E-state index contributed by atoms with van der Waals surface area (Å²) in [6.45, 7) is 0.335. The molecule has 4 rings (SSSR count). The standard InChI is InChI=1S/C13H13NO2/c1-2-4-10-8(3-1)9-5-6-11-13(12(9)14-10)16-7-15-11/h5-6,8H,1-4,7H2. The lowest BCUT2D eigenvalue weighted by atomic mass is 9.84. The quantitative estimate of drug-likeness (QED) is 0.665. The van der Waals surface area contributed by atoms with E-state index < -0.39 is 0 Å². The Bertz CT molecular complexity index is 493. The molecule has 2 heterocycles. The van der Waals surface area contributed by atoms with Crippen molar-refractivity contribution in [2.75, 3.05) is 6.79 Å². The summed E-state index contributed by atoms with van der Waals surface area (Å²) in [6.07, 6.45) is 4.99. The number of fused-ring (bicyclic) bond motifs is 5. The van der Waals surface area contributed by atoms with Crippen LogP contribution in [0.15, 0.2) is 17.1 Å². The highest BCUT2D eigenvalue weighted by atomic mass is 16.7. The van der Waals surface area contributed by atoms with E-state index in [2.05, 4.69) is 6.07 Å². The van der Waals surface area contributed by atoms with Crippen LogP contribution in [0.5, 0.6) is 11.5 Å². The Labute approximate surface area is 94.1 Å². The molecule has 3 nitrogen and oxygen atoms in total. The van der Waals surface area contributed by atoms with Gasteiger partial charge in [0.2, 0.25) is 6.79 Å². The van der Waals surface area contributed by atoms with E-state index in [-0.39, 0.29) is 0 Å². The van der Waals surface area contributed by atoms with Crippen LogP contribution < -0.4 is 9.47 Å². The maximum absolute atomic E-state index is 5.52. The van der Waals surface area contributed by atoms with Gasteiger partial charge in [-0.3, -0.25) is 4.99 Å². The molecule has 1 unspecified atom stereocenters. The van der Waals surface area contributed by atoms with Crippen LogP contribution in [-0.2, 0) is 0 Å². The molecular weight excluding hydrogens is 202 g/mol. The fraction of sp³-hybridized carbons (Fsp3) is 0.462. The Hall–Kier alpha value is -1.51. The zero-order valence-corrected chi connectivity index (χ0v) is 9.03. The first-order valence-corrected chi connectivity index (χ1v) is 5.93. The minimum absolute atomic E-state index is 0.335. The van der Waals surface area contributed by atoms with E-state index in [1.165, 1.54) is 30.5 Å². The van der Waals surface area contributed by atoms with Crippen LogP contribution in [0, 0.1) is 0 Å². The van der Waals surface area contributed by atoms with Crippen molar-refractivity contribution in [3.8, 4) is 11.5 Å². The summed E-state index contributed by atoms with van der Waals surface area (Å²) < 4.78 is 10.9. The minimum Gasteiger partial charge on any atom is -0.454 e. The van der Waals surface area contributed by atoms with Crippen molar-refractivity contribution in [1.82, 2.24) is 0 Å². The number of rotatable bonds is 0. The molecule has 1 aromatic carbocycles. The van der Waals surface area contributed by atoms with Gasteiger partial charge in [0, 0.05) is 11.6 Å². The average molecular weight is 215 g/mol. The zero-order chi connectivity index (χ0) is 10.5. The van der Waals surface area contributed by atoms with Gasteiger partial charge in [-0.25, -0.2) is 0 Å². The highest BCUT2D eigenvalue weighted by Gasteiger charge is 2.33. The van der Waals surface area contributed by atoms with E-state index in [1.807, 2.05) is 6.07 Å². The summed E-state index contributed by atoms with van der Waals surface area (Å²) in [4.78, 5) is 4.76. The van der Waals surface area contributed by atoms with Crippen LogP contribution in [0.4, 0.5) is 5.69 Å². The number of hydrogen-bond acceptors (Lipinski definition) is 3. The summed E-state index contributed by atoms with van der Waals surface area (Å²) in [6, 6.07) is 4.18. The molecule has 1 saturated carbocycles. The molecule has 1 atom stereocenters. The molecule has 82 valence electrons. The van der Waals surface area contributed by atoms with Gasteiger partial charge in [0.15, 0.2) is 11.5 Å². The molecule has 3 heteroatoms. The highest BCUT2D eigenvalue weighted by Crippen LogP contribution is 2.51. The Morgan fingerprint density at radius 2 is 2.19 bits per heavy atom. The molecule has 0 aromatic heterocycles. The van der Waals surface area contributed by atoms with Crippen molar-refractivity contribution >= 4 is 11.4 Å². The first kappa shape index (κ1) is 8.62. The lowest BCUT2D eigenvalue weighted by Gasteiger charge is -2.19. The molecule has 0 spiro atoms. The van der Waals surface area contributed by atoms with Crippen molar-refractivity contribution in [3.05, 3.63) is 17.7 Å². The largest absolute Gasteiger partial charge is 0.454 e. The van der Waals surface area contributed by atoms with E-state index in [9.17, 15) is 0 Å². The Morgan fingerprint density at radius 1 is 1.19 bits per heavy atom. The van der Waals surface area contributed by atoms with Gasteiger partial charge in [0.1, 0.15) is 5.69 Å². The molecule has 2 aliphatic heterocycles. The normalized spacial score (nSPS) is 25.0. The van der Waals surface area contributed by atoms with Gasteiger partial charge < -0.3 is 9.47 Å². The Morgan fingerprint density at radius 3 is 3.19 bits per heavy atom. The van der Waals surface area contributed by atoms with Crippen molar-refractivity contribution in [2.45, 2.75) is 31.6 Å². The first-order chi connectivity index (χ1) is 7.93. The van der Waals surface area contributed by atoms with Crippen LogP contribution in [0.25, 0.3) is 0 Å². The molecule has 0 saturated heterocycles. The molecule has 16 heavy (non-hydrogen) atoms. The zero-order valence-electron chi connectivity index (χ0n) is 9.03.